The molecule has 0 fully saturated rings. The Hall–Kier alpha value is -8.05. The van der Waals surface area contributed by atoms with Crippen LogP contribution in [0.5, 0.6) is 0 Å². The molecule has 3 aromatic heterocycles. The van der Waals surface area contributed by atoms with Crippen LogP contribution in [0.3, 0.4) is 0 Å². The van der Waals surface area contributed by atoms with Crippen molar-refractivity contribution < 1.29 is 0 Å². The zero-order valence-corrected chi connectivity index (χ0v) is 34.9. The third-order valence-corrected chi connectivity index (χ3v) is 13.3. The Kier molecular flexibility index (Phi) is 9.02. The normalized spacial score (nSPS) is 11.5. The number of hydrogen-bond acceptors (Lipinski definition) is 4. The van der Waals surface area contributed by atoms with Gasteiger partial charge in [-0.1, -0.05) is 194 Å². The molecule has 63 heavy (non-hydrogen) atoms. The first-order chi connectivity index (χ1) is 31.2. The number of thiophene rings is 1. The lowest BCUT2D eigenvalue weighted by Gasteiger charge is -2.15. The van der Waals surface area contributed by atoms with Crippen LogP contribution < -0.4 is 0 Å². The summed E-state index contributed by atoms with van der Waals surface area (Å²) in [6.07, 6.45) is 0. The Balaban J connectivity index is 0.938. The molecule has 3 heterocycles. The van der Waals surface area contributed by atoms with Gasteiger partial charge in [-0.3, -0.25) is 0 Å². The summed E-state index contributed by atoms with van der Waals surface area (Å²) < 4.78 is 2.62. The lowest BCUT2D eigenvalue weighted by atomic mass is 9.91. The van der Waals surface area contributed by atoms with E-state index >= 15 is 0 Å². The highest BCUT2D eigenvalue weighted by Gasteiger charge is 2.17. The Labute approximate surface area is 369 Å². The first-order valence-electron chi connectivity index (χ1n) is 21.3. The molecule has 4 heteroatoms. The maximum Gasteiger partial charge on any atom is 0.160 e. The molecular weight excluding hydrogens is 783 g/mol. The van der Waals surface area contributed by atoms with E-state index in [1.807, 2.05) is 29.5 Å². The molecule has 0 atom stereocenters. The molecule has 294 valence electrons. The lowest BCUT2D eigenvalue weighted by Crippen LogP contribution is -1.96. The molecule has 0 aliphatic carbocycles. The molecule has 0 saturated carbocycles. The van der Waals surface area contributed by atoms with E-state index in [0.717, 1.165) is 72.3 Å². The number of hydrogen-bond donors (Lipinski definition) is 0. The molecule has 0 aliphatic rings. The van der Waals surface area contributed by atoms with Gasteiger partial charge in [-0.15, -0.1) is 11.3 Å². The van der Waals surface area contributed by atoms with Gasteiger partial charge in [-0.05, 0) is 63.7 Å². The van der Waals surface area contributed by atoms with Gasteiger partial charge in [0.2, 0.25) is 0 Å². The second-order valence-corrected chi connectivity index (χ2v) is 17.0. The second kappa shape index (κ2) is 15.4. The van der Waals surface area contributed by atoms with Crippen molar-refractivity contribution in [2.45, 2.75) is 0 Å². The van der Waals surface area contributed by atoms with Crippen LogP contribution in [0.25, 0.3) is 120 Å². The fraction of sp³-hybridized carbons (Fsp3) is 0. The van der Waals surface area contributed by atoms with Crippen LogP contribution in [0.1, 0.15) is 0 Å². The Bertz CT molecular complexity index is 3670. The van der Waals surface area contributed by atoms with Gasteiger partial charge in [0.15, 0.2) is 5.82 Å². The minimum Gasteiger partial charge on any atom is -0.247 e. The van der Waals surface area contributed by atoms with Crippen molar-refractivity contribution >= 4 is 53.2 Å². The summed E-state index contributed by atoms with van der Waals surface area (Å²) >= 11 is 1.86. The molecule has 12 rings (SSSR count). The standard InChI is InChI=1S/C59H37N3S/c1-3-15-40(16-4-1)57-51-28-13-25-46(56(51)50-24-7-9-29-52(50)60-57)44-21-11-19-42(35-44)43-20-12-22-45(36-43)54-37-53(61-59(62-54)41-17-5-2-6-18-41)39-33-31-38(32-34-39)47-26-14-27-49-48-23-8-10-30-55(48)63-58(47)49/h1-37H. The van der Waals surface area contributed by atoms with Gasteiger partial charge in [0.25, 0.3) is 0 Å². The molecule has 0 unspecified atom stereocenters. The van der Waals surface area contributed by atoms with Crippen LogP contribution >= 0.6 is 11.3 Å². The number of para-hydroxylation sites is 1. The third kappa shape index (κ3) is 6.65. The number of benzene rings is 9. The quantitative estimate of drug-likeness (QED) is 0.150. The van der Waals surface area contributed by atoms with Gasteiger partial charge >= 0.3 is 0 Å². The highest BCUT2D eigenvalue weighted by Crippen LogP contribution is 2.42. The maximum atomic E-state index is 5.20. The highest BCUT2D eigenvalue weighted by atomic mass is 32.1. The molecule has 0 bridgehead atoms. The van der Waals surface area contributed by atoms with E-state index in [1.165, 1.54) is 42.2 Å². The van der Waals surface area contributed by atoms with Crippen molar-refractivity contribution in [1.82, 2.24) is 15.0 Å². The second-order valence-electron chi connectivity index (χ2n) is 15.9. The predicted octanol–water partition coefficient (Wildman–Crippen LogP) is 16.2. The van der Waals surface area contributed by atoms with Gasteiger partial charge in [0.1, 0.15) is 0 Å². The summed E-state index contributed by atoms with van der Waals surface area (Å²) in [5, 5.41) is 6.11. The first-order valence-corrected chi connectivity index (χ1v) is 22.1. The molecule has 0 amide bonds. The smallest absolute Gasteiger partial charge is 0.160 e. The fourth-order valence-corrected chi connectivity index (χ4v) is 10.3. The van der Waals surface area contributed by atoms with Crippen molar-refractivity contribution in [2.75, 3.05) is 0 Å². The van der Waals surface area contributed by atoms with Crippen LogP contribution in [0.15, 0.2) is 224 Å². The van der Waals surface area contributed by atoms with E-state index in [2.05, 4.69) is 206 Å². The topological polar surface area (TPSA) is 38.7 Å². The van der Waals surface area contributed by atoms with Crippen LogP contribution in [0.4, 0.5) is 0 Å². The number of aromatic nitrogens is 3. The third-order valence-electron chi connectivity index (χ3n) is 12.1. The van der Waals surface area contributed by atoms with Gasteiger partial charge in [0.05, 0.1) is 22.6 Å². The molecule has 3 nitrogen and oxygen atoms in total. The van der Waals surface area contributed by atoms with Crippen molar-refractivity contribution in [2.24, 2.45) is 0 Å². The average Bonchev–Trinajstić information content (AvgIpc) is 3.76. The van der Waals surface area contributed by atoms with Crippen LogP contribution in [0.2, 0.25) is 0 Å². The Morgan fingerprint density at radius 1 is 0.302 bits per heavy atom. The van der Waals surface area contributed by atoms with E-state index in [-0.39, 0.29) is 0 Å². The molecule has 0 spiro atoms. The molecule has 0 saturated heterocycles. The summed E-state index contributed by atoms with van der Waals surface area (Å²) in [4.78, 5) is 15.6. The van der Waals surface area contributed by atoms with Crippen molar-refractivity contribution in [3.05, 3.63) is 224 Å². The molecule has 0 N–H and O–H groups in total. The fourth-order valence-electron chi connectivity index (χ4n) is 9.04. The van der Waals surface area contributed by atoms with E-state index in [1.54, 1.807) is 0 Å². The van der Waals surface area contributed by atoms with E-state index < -0.39 is 0 Å². The Morgan fingerprint density at radius 3 is 1.62 bits per heavy atom. The predicted molar refractivity (Wildman–Crippen MR) is 266 cm³/mol. The zero-order valence-electron chi connectivity index (χ0n) is 34.1. The molecule has 0 radical (unpaired) electrons. The van der Waals surface area contributed by atoms with Crippen molar-refractivity contribution in [3.8, 4) is 78.5 Å². The maximum absolute atomic E-state index is 5.20. The summed E-state index contributed by atoms with van der Waals surface area (Å²) in [7, 11) is 0. The zero-order chi connectivity index (χ0) is 41.7. The molecule has 0 aliphatic heterocycles. The summed E-state index contributed by atoms with van der Waals surface area (Å²) in [6.45, 7) is 0. The first kappa shape index (κ1) is 36.8. The van der Waals surface area contributed by atoms with Crippen molar-refractivity contribution in [1.29, 1.82) is 0 Å². The summed E-state index contributed by atoms with van der Waals surface area (Å²) in [5.41, 5.74) is 14.9. The van der Waals surface area contributed by atoms with Gasteiger partial charge in [-0.2, -0.15) is 0 Å². The molecule has 9 aromatic carbocycles. The Morgan fingerprint density at radius 2 is 0.841 bits per heavy atom. The number of fused-ring (bicyclic) bond motifs is 6. The largest absolute Gasteiger partial charge is 0.247 e. The van der Waals surface area contributed by atoms with Gasteiger partial charge < -0.3 is 0 Å². The summed E-state index contributed by atoms with van der Waals surface area (Å²) in [5.74, 6) is 0.696. The number of rotatable bonds is 7. The van der Waals surface area contributed by atoms with Gasteiger partial charge in [0, 0.05) is 58.6 Å². The van der Waals surface area contributed by atoms with Crippen LogP contribution in [0, 0.1) is 0 Å². The highest BCUT2D eigenvalue weighted by molar-refractivity contribution is 7.26. The van der Waals surface area contributed by atoms with Crippen LogP contribution in [-0.4, -0.2) is 15.0 Å². The van der Waals surface area contributed by atoms with Gasteiger partial charge in [-0.25, -0.2) is 15.0 Å². The minimum absolute atomic E-state index is 0.696. The summed E-state index contributed by atoms with van der Waals surface area (Å²) in [6, 6.07) is 79.8. The lowest BCUT2D eigenvalue weighted by molar-refractivity contribution is 1.18. The van der Waals surface area contributed by atoms with Crippen molar-refractivity contribution in [3.63, 3.8) is 0 Å². The molecule has 12 aromatic rings. The number of nitrogens with zero attached hydrogens (tertiary/aromatic N) is 3. The minimum atomic E-state index is 0.696. The van der Waals surface area contributed by atoms with E-state index in [4.69, 9.17) is 15.0 Å². The number of pyridine rings is 1. The molecular formula is C59H37N3S. The average molecular weight is 820 g/mol. The monoisotopic (exact) mass is 819 g/mol. The van der Waals surface area contributed by atoms with E-state index in [9.17, 15) is 0 Å². The van der Waals surface area contributed by atoms with E-state index in [0.29, 0.717) is 5.82 Å². The van der Waals surface area contributed by atoms with Crippen LogP contribution in [-0.2, 0) is 0 Å². The SMILES string of the molecule is c1ccc(-c2nc(-c3ccc(-c4cccc5c4sc4ccccc45)cc3)cc(-c3cccc(-c4cccc(-c5cccc6c(-c7ccccc7)nc7ccccc7c56)c4)c3)n2)cc1.